The summed E-state index contributed by atoms with van der Waals surface area (Å²) in [6.45, 7) is 6.03. The predicted molar refractivity (Wildman–Crippen MR) is 113 cm³/mol. The SMILES string of the molecule is CCCCC(CCCC)(c1ccc(C(=O)O)c(-c2ccccc2C)c1)P(=O)=O. The molecule has 0 aliphatic heterocycles. The second-order valence-electron chi connectivity index (χ2n) is 7.38. The van der Waals surface area contributed by atoms with Crippen LogP contribution < -0.4 is 0 Å². The zero-order valence-corrected chi connectivity index (χ0v) is 17.8. The molecule has 0 atom stereocenters. The number of unbranched alkanes of at least 4 members (excludes halogenated alkanes) is 2. The van der Waals surface area contributed by atoms with Gasteiger partial charge in [0.25, 0.3) is 0 Å². The molecule has 0 spiro atoms. The number of rotatable bonds is 10. The molecule has 28 heavy (non-hydrogen) atoms. The van der Waals surface area contributed by atoms with Crippen molar-refractivity contribution in [1.29, 1.82) is 0 Å². The van der Waals surface area contributed by atoms with E-state index in [2.05, 4.69) is 13.8 Å². The highest BCUT2D eigenvalue weighted by molar-refractivity contribution is 7.32. The molecule has 0 aliphatic carbocycles. The molecule has 0 saturated carbocycles. The summed E-state index contributed by atoms with van der Waals surface area (Å²) in [6.07, 6.45) is 4.56. The van der Waals surface area contributed by atoms with E-state index in [1.807, 2.05) is 31.2 Å². The highest BCUT2D eigenvalue weighted by Crippen LogP contribution is 2.49. The number of carboxylic acids is 1. The van der Waals surface area contributed by atoms with Crippen LogP contribution in [0.2, 0.25) is 0 Å². The molecule has 0 aromatic heterocycles. The van der Waals surface area contributed by atoms with Gasteiger partial charge < -0.3 is 5.11 Å². The molecule has 2 rings (SSSR count). The zero-order chi connectivity index (χ0) is 20.7. The second kappa shape index (κ2) is 9.84. The molecule has 1 N–H and O–H groups in total. The maximum atomic E-state index is 12.5. The number of aromatic carboxylic acids is 1. The Kier molecular flexibility index (Phi) is 7.77. The Bertz CT molecular complexity index is 883. The van der Waals surface area contributed by atoms with E-state index in [-0.39, 0.29) is 5.56 Å². The fourth-order valence-corrected chi connectivity index (χ4v) is 4.79. The van der Waals surface area contributed by atoms with Gasteiger partial charge in [-0.1, -0.05) is 69.9 Å². The summed E-state index contributed by atoms with van der Waals surface area (Å²) < 4.78 is 25.0. The van der Waals surface area contributed by atoms with Crippen LogP contribution in [0.25, 0.3) is 11.1 Å². The normalized spacial score (nSPS) is 11.4. The van der Waals surface area contributed by atoms with E-state index in [9.17, 15) is 19.0 Å². The lowest BCUT2D eigenvalue weighted by Gasteiger charge is -2.28. The molecule has 150 valence electrons. The first-order valence-electron chi connectivity index (χ1n) is 9.95. The van der Waals surface area contributed by atoms with Crippen LogP contribution in [-0.4, -0.2) is 11.1 Å². The molecule has 0 heterocycles. The minimum Gasteiger partial charge on any atom is -0.478 e. The molecule has 0 radical (unpaired) electrons. The van der Waals surface area contributed by atoms with Crippen LogP contribution >= 0.6 is 7.68 Å². The Morgan fingerprint density at radius 3 is 2.07 bits per heavy atom. The average molecular weight is 400 g/mol. The second-order valence-corrected chi connectivity index (χ2v) is 8.75. The topological polar surface area (TPSA) is 71.4 Å². The quantitative estimate of drug-likeness (QED) is 0.431. The van der Waals surface area contributed by atoms with Gasteiger partial charge in [-0.05, 0) is 54.2 Å². The van der Waals surface area contributed by atoms with Crippen molar-refractivity contribution in [3.05, 3.63) is 59.2 Å². The fourth-order valence-electron chi connectivity index (χ4n) is 3.76. The molecule has 4 nitrogen and oxygen atoms in total. The van der Waals surface area contributed by atoms with Gasteiger partial charge in [0.15, 0.2) is 0 Å². The highest BCUT2D eigenvalue weighted by atomic mass is 31.1. The van der Waals surface area contributed by atoms with Crippen LogP contribution in [0.15, 0.2) is 42.5 Å². The van der Waals surface area contributed by atoms with Crippen LogP contribution in [0, 0.1) is 6.92 Å². The van der Waals surface area contributed by atoms with Crippen LogP contribution in [0.3, 0.4) is 0 Å². The van der Waals surface area contributed by atoms with Crippen LogP contribution in [0.5, 0.6) is 0 Å². The van der Waals surface area contributed by atoms with E-state index in [0.717, 1.165) is 36.8 Å². The first-order chi connectivity index (χ1) is 13.4. The maximum Gasteiger partial charge on any atom is 0.336 e. The van der Waals surface area contributed by atoms with Crippen molar-refractivity contribution in [1.82, 2.24) is 0 Å². The van der Waals surface area contributed by atoms with Crippen LogP contribution in [0.4, 0.5) is 0 Å². The van der Waals surface area contributed by atoms with Gasteiger partial charge in [-0.25, -0.2) is 13.9 Å². The first kappa shape index (κ1) is 22.1. The summed E-state index contributed by atoms with van der Waals surface area (Å²) in [5, 5.41) is 8.74. The molecule has 0 amide bonds. The summed E-state index contributed by atoms with van der Waals surface area (Å²) in [7, 11) is -2.71. The molecular weight excluding hydrogens is 371 g/mol. The Labute approximate surface area is 167 Å². The van der Waals surface area contributed by atoms with E-state index in [1.54, 1.807) is 18.2 Å². The molecular formula is C23H29O4P. The van der Waals surface area contributed by atoms with Gasteiger partial charge in [-0.2, -0.15) is 0 Å². The number of carboxylic acid groups (broad SMARTS) is 1. The molecule has 2 aromatic carbocycles. The highest BCUT2D eigenvalue weighted by Gasteiger charge is 2.38. The number of carbonyl (C=O) groups is 1. The van der Waals surface area contributed by atoms with E-state index in [1.165, 1.54) is 0 Å². The van der Waals surface area contributed by atoms with Gasteiger partial charge in [0, 0.05) is 0 Å². The maximum absolute atomic E-state index is 12.5. The Morgan fingerprint density at radius 2 is 1.57 bits per heavy atom. The van der Waals surface area contributed by atoms with Gasteiger partial charge in [0.1, 0.15) is 5.16 Å². The predicted octanol–water partition coefficient (Wildman–Crippen LogP) is 7.11. The minimum absolute atomic E-state index is 0.194. The minimum atomic E-state index is -2.71. The van der Waals surface area contributed by atoms with E-state index < -0.39 is 18.8 Å². The van der Waals surface area contributed by atoms with Crippen LogP contribution in [-0.2, 0) is 14.3 Å². The number of hydrogen-bond acceptors (Lipinski definition) is 3. The number of aryl methyl sites for hydroxylation is 1. The monoisotopic (exact) mass is 400 g/mol. The molecule has 0 bridgehead atoms. The third-order valence-corrected chi connectivity index (χ3v) is 6.86. The van der Waals surface area contributed by atoms with Gasteiger partial charge in [-0.3, -0.25) is 0 Å². The number of hydrogen-bond donors (Lipinski definition) is 1. The standard InChI is InChI=1S/C23H29O4P/c1-4-6-14-23(28(26)27,15-7-5-2)18-12-13-20(22(24)25)21(16-18)19-11-9-8-10-17(19)3/h8-13,16H,4-7,14-15H2,1-3H3,(H,24,25). The lowest BCUT2D eigenvalue weighted by molar-refractivity contribution is 0.0697. The summed E-state index contributed by atoms with van der Waals surface area (Å²) >= 11 is 0. The van der Waals surface area contributed by atoms with Crippen molar-refractivity contribution in [2.45, 2.75) is 64.5 Å². The van der Waals surface area contributed by atoms with Crippen molar-refractivity contribution in [3.63, 3.8) is 0 Å². The van der Waals surface area contributed by atoms with E-state index in [0.29, 0.717) is 24.0 Å². The molecule has 0 fully saturated rings. The summed E-state index contributed by atoms with van der Waals surface area (Å²) in [4.78, 5) is 11.8. The van der Waals surface area contributed by atoms with E-state index in [4.69, 9.17) is 0 Å². The van der Waals surface area contributed by atoms with Crippen LogP contribution in [0.1, 0.15) is 73.9 Å². The fraction of sp³-hybridized carbons (Fsp3) is 0.435. The number of benzene rings is 2. The van der Waals surface area contributed by atoms with Crippen molar-refractivity contribution in [2.75, 3.05) is 0 Å². The lowest BCUT2D eigenvalue weighted by atomic mass is 9.84. The Morgan fingerprint density at radius 1 is 0.964 bits per heavy atom. The van der Waals surface area contributed by atoms with Crippen molar-refractivity contribution < 1.29 is 19.0 Å². The first-order valence-corrected chi connectivity index (χ1v) is 11.1. The molecule has 0 unspecified atom stereocenters. The molecule has 0 aliphatic rings. The van der Waals surface area contributed by atoms with Gasteiger partial charge in [0.05, 0.1) is 5.56 Å². The van der Waals surface area contributed by atoms with Crippen molar-refractivity contribution in [2.24, 2.45) is 0 Å². The van der Waals surface area contributed by atoms with Crippen molar-refractivity contribution in [3.8, 4) is 11.1 Å². The van der Waals surface area contributed by atoms with Crippen molar-refractivity contribution >= 4 is 13.6 Å². The van der Waals surface area contributed by atoms with Gasteiger partial charge >= 0.3 is 13.6 Å². The molecule has 5 heteroatoms. The Hall–Kier alpha value is -2.19. The zero-order valence-electron chi connectivity index (χ0n) is 16.9. The summed E-state index contributed by atoms with van der Waals surface area (Å²) in [5.74, 6) is -1.01. The lowest BCUT2D eigenvalue weighted by Crippen LogP contribution is -2.21. The molecule has 0 saturated heterocycles. The Balaban J connectivity index is 2.73. The van der Waals surface area contributed by atoms with E-state index >= 15 is 0 Å². The smallest absolute Gasteiger partial charge is 0.336 e. The summed E-state index contributed by atoms with van der Waals surface area (Å²) in [5.41, 5.74) is 3.26. The van der Waals surface area contributed by atoms with Gasteiger partial charge in [0.2, 0.25) is 0 Å². The third kappa shape index (κ3) is 4.62. The molecule has 2 aromatic rings. The summed E-state index contributed by atoms with van der Waals surface area (Å²) in [6, 6.07) is 12.6. The average Bonchev–Trinajstić information content (AvgIpc) is 2.68. The largest absolute Gasteiger partial charge is 0.478 e. The van der Waals surface area contributed by atoms with Gasteiger partial charge in [-0.15, -0.1) is 0 Å². The third-order valence-electron chi connectivity index (χ3n) is 5.46.